The lowest BCUT2D eigenvalue weighted by molar-refractivity contribution is -0.00177. The van der Waals surface area contributed by atoms with Gasteiger partial charge in [-0.3, -0.25) is 9.78 Å². The van der Waals surface area contributed by atoms with Crippen LogP contribution in [0.25, 0.3) is 17.0 Å². The molecule has 0 spiro atoms. The van der Waals surface area contributed by atoms with Gasteiger partial charge in [0.2, 0.25) is 0 Å². The maximum absolute atomic E-state index is 14.0. The van der Waals surface area contributed by atoms with Crippen LogP contribution in [-0.2, 0) is 0 Å². The van der Waals surface area contributed by atoms with Gasteiger partial charge in [-0.2, -0.15) is 10.4 Å². The molecule has 0 bridgehead atoms. The van der Waals surface area contributed by atoms with Crippen LogP contribution in [0.4, 0.5) is 10.1 Å². The molecule has 0 aromatic carbocycles. The van der Waals surface area contributed by atoms with Crippen LogP contribution in [0.15, 0.2) is 30.7 Å². The van der Waals surface area contributed by atoms with Gasteiger partial charge in [-0.15, -0.1) is 0 Å². The molecule has 160 valence electrons. The van der Waals surface area contributed by atoms with E-state index >= 15 is 0 Å². The Morgan fingerprint density at radius 3 is 2.81 bits per heavy atom. The molecule has 3 N–H and O–H groups in total. The number of imidazole rings is 1. The average Bonchev–Trinajstić information content (AvgIpc) is 3.46. The average molecular weight is 423 g/mol. The van der Waals surface area contributed by atoms with E-state index in [1.165, 1.54) is 26.2 Å². The number of hydrogen-bond acceptors (Lipinski definition) is 7. The fourth-order valence-electron chi connectivity index (χ4n) is 2.98. The molecule has 1 atom stereocenters. The lowest BCUT2D eigenvalue weighted by atomic mass is 10.0. The summed E-state index contributed by atoms with van der Waals surface area (Å²) in [5.74, 6) is -0.482. The number of nitriles is 1. The molecule has 0 radical (unpaired) electrons. The predicted octanol–water partition coefficient (Wildman–Crippen LogP) is 2.08. The van der Waals surface area contributed by atoms with Crippen molar-refractivity contribution in [3.05, 3.63) is 41.9 Å². The molecule has 1 aliphatic carbocycles. The summed E-state index contributed by atoms with van der Waals surface area (Å²) in [6, 6.07) is 5.65. The molecule has 1 unspecified atom stereocenters. The minimum atomic E-state index is -1.61. The van der Waals surface area contributed by atoms with Gasteiger partial charge >= 0.3 is 0 Å². The van der Waals surface area contributed by atoms with Crippen LogP contribution < -0.4 is 10.6 Å². The first-order chi connectivity index (χ1) is 14.8. The zero-order valence-corrected chi connectivity index (χ0v) is 17.1. The molecular weight excluding hydrogens is 401 g/mol. The van der Waals surface area contributed by atoms with Gasteiger partial charge in [0.25, 0.3) is 5.91 Å². The molecule has 4 rings (SSSR count). The molecule has 3 aromatic rings. The van der Waals surface area contributed by atoms with Gasteiger partial charge in [-0.05, 0) is 32.8 Å². The number of pyridine rings is 1. The summed E-state index contributed by atoms with van der Waals surface area (Å²) < 4.78 is 15.6. The van der Waals surface area contributed by atoms with E-state index in [1.807, 2.05) is 6.07 Å². The van der Waals surface area contributed by atoms with Crippen molar-refractivity contribution in [3.8, 4) is 17.5 Å². The highest BCUT2D eigenvalue weighted by Crippen LogP contribution is 2.29. The molecule has 3 heterocycles. The molecule has 1 fully saturated rings. The fraction of sp³-hybridized carbons (Fsp3) is 0.381. The van der Waals surface area contributed by atoms with Crippen molar-refractivity contribution in [3.63, 3.8) is 0 Å². The summed E-state index contributed by atoms with van der Waals surface area (Å²) in [6.07, 6.45) is 4.86. The monoisotopic (exact) mass is 423 g/mol. The number of aliphatic hydroxyl groups is 1. The normalized spacial score (nSPS) is 14.8. The van der Waals surface area contributed by atoms with E-state index in [1.54, 1.807) is 22.8 Å². The summed E-state index contributed by atoms with van der Waals surface area (Å²) in [5, 5.41) is 28.8. The molecule has 9 nitrogen and oxygen atoms in total. The number of alkyl halides is 1. The lowest BCUT2D eigenvalue weighted by Crippen LogP contribution is -2.42. The smallest absolute Gasteiger partial charge is 0.255 e. The largest absolute Gasteiger partial charge is 0.387 e. The van der Waals surface area contributed by atoms with E-state index in [9.17, 15) is 14.3 Å². The van der Waals surface area contributed by atoms with E-state index in [0.29, 0.717) is 28.3 Å². The van der Waals surface area contributed by atoms with E-state index in [0.717, 1.165) is 12.8 Å². The van der Waals surface area contributed by atoms with Crippen molar-refractivity contribution in [2.45, 2.75) is 44.5 Å². The molecule has 10 heteroatoms. The number of rotatable bonds is 7. The van der Waals surface area contributed by atoms with E-state index < -0.39 is 17.7 Å². The van der Waals surface area contributed by atoms with Gasteiger partial charge < -0.3 is 15.7 Å². The van der Waals surface area contributed by atoms with Crippen LogP contribution in [-0.4, -0.2) is 55.0 Å². The first-order valence-electron chi connectivity index (χ1n) is 9.91. The highest BCUT2D eigenvalue weighted by molar-refractivity contribution is 6.00. The standard InChI is InChI=1S/C21H22FN7O2/c1-21(2,31)18(22)11-26-20(30)14-9-24-16(6-15(14)28-13-3-4-13)17-10-25-19-5-12(7-23)8-27-29(17)19/h5-6,8-10,13,18,31H,3-4,11H2,1-2H3,(H,24,28)(H,26,30). The first kappa shape index (κ1) is 20.7. The van der Waals surface area contributed by atoms with Gasteiger partial charge in [-0.25, -0.2) is 13.9 Å². The summed E-state index contributed by atoms with van der Waals surface area (Å²) in [5.41, 5.74) is 1.37. The minimum absolute atomic E-state index is 0.269. The predicted molar refractivity (Wildman–Crippen MR) is 111 cm³/mol. The first-order valence-corrected chi connectivity index (χ1v) is 9.91. The van der Waals surface area contributed by atoms with Crippen molar-refractivity contribution < 1.29 is 14.3 Å². The molecule has 1 amide bonds. The number of nitrogens with one attached hydrogen (secondary N) is 2. The van der Waals surface area contributed by atoms with Gasteiger partial charge in [-0.1, -0.05) is 0 Å². The van der Waals surface area contributed by atoms with E-state index in [2.05, 4.69) is 25.7 Å². The fourth-order valence-corrected chi connectivity index (χ4v) is 2.98. The lowest BCUT2D eigenvalue weighted by Gasteiger charge is -2.22. The van der Waals surface area contributed by atoms with Crippen LogP contribution >= 0.6 is 0 Å². The Morgan fingerprint density at radius 2 is 2.13 bits per heavy atom. The number of fused-ring (bicyclic) bond motifs is 1. The Morgan fingerprint density at radius 1 is 1.35 bits per heavy atom. The molecule has 31 heavy (non-hydrogen) atoms. The van der Waals surface area contributed by atoms with Crippen molar-refractivity contribution in [1.29, 1.82) is 5.26 Å². The van der Waals surface area contributed by atoms with Crippen LogP contribution in [0.2, 0.25) is 0 Å². The topological polar surface area (TPSA) is 128 Å². The Kier molecular flexibility index (Phi) is 5.29. The minimum Gasteiger partial charge on any atom is -0.387 e. The second-order valence-corrected chi connectivity index (χ2v) is 8.13. The Balaban J connectivity index is 1.63. The van der Waals surface area contributed by atoms with Crippen molar-refractivity contribution in [1.82, 2.24) is 24.9 Å². The Labute approximate surface area is 177 Å². The number of carbonyl (C=O) groups excluding carboxylic acids is 1. The summed E-state index contributed by atoms with van der Waals surface area (Å²) >= 11 is 0. The third-order valence-electron chi connectivity index (χ3n) is 5.05. The van der Waals surface area contributed by atoms with Gasteiger partial charge in [0.05, 0.1) is 47.0 Å². The number of halogens is 1. The SMILES string of the molecule is CC(C)(O)C(F)CNC(=O)c1cnc(-c2cnc3cc(C#N)cnn23)cc1NC1CC1. The van der Waals surface area contributed by atoms with Crippen molar-refractivity contribution in [2.24, 2.45) is 0 Å². The van der Waals surface area contributed by atoms with Crippen LogP contribution in [0.5, 0.6) is 0 Å². The molecule has 1 aliphatic rings. The van der Waals surface area contributed by atoms with Gasteiger partial charge in [0.15, 0.2) is 5.65 Å². The third-order valence-corrected chi connectivity index (χ3v) is 5.05. The number of hydrogen-bond donors (Lipinski definition) is 3. The van der Waals surface area contributed by atoms with Gasteiger partial charge in [0, 0.05) is 18.3 Å². The number of nitrogens with zero attached hydrogens (tertiary/aromatic N) is 5. The summed E-state index contributed by atoms with van der Waals surface area (Å²) in [7, 11) is 0. The molecule has 0 saturated heterocycles. The van der Waals surface area contributed by atoms with Crippen LogP contribution in [0.1, 0.15) is 42.6 Å². The summed E-state index contributed by atoms with van der Waals surface area (Å²) in [6.45, 7) is 2.39. The van der Waals surface area contributed by atoms with Crippen molar-refractivity contribution >= 4 is 17.2 Å². The molecule has 0 aliphatic heterocycles. The summed E-state index contributed by atoms with van der Waals surface area (Å²) in [4.78, 5) is 21.3. The third kappa shape index (κ3) is 4.46. The number of aromatic nitrogens is 4. The quantitative estimate of drug-likeness (QED) is 0.531. The number of amides is 1. The highest BCUT2D eigenvalue weighted by Gasteiger charge is 2.28. The zero-order chi connectivity index (χ0) is 22.2. The van der Waals surface area contributed by atoms with Crippen LogP contribution in [0.3, 0.4) is 0 Å². The number of carbonyl (C=O) groups is 1. The maximum Gasteiger partial charge on any atom is 0.255 e. The maximum atomic E-state index is 14.0. The second-order valence-electron chi connectivity index (χ2n) is 8.13. The van der Waals surface area contributed by atoms with E-state index in [-0.39, 0.29) is 18.2 Å². The van der Waals surface area contributed by atoms with Gasteiger partial charge in [0.1, 0.15) is 17.9 Å². The Hall–Kier alpha value is -3.58. The zero-order valence-electron chi connectivity index (χ0n) is 17.1. The highest BCUT2D eigenvalue weighted by atomic mass is 19.1. The van der Waals surface area contributed by atoms with Crippen LogP contribution in [0, 0.1) is 11.3 Å². The second kappa shape index (κ2) is 7.92. The molecule has 3 aromatic heterocycles. The Bertz CT molecular complexity index is 1170. The van der Waals surface area contributed by atoms with E-state index in [4.69, 9.17) is 5.26 Å². The molecule has 1 saturated carbocycles. The van der Waals surface area contributed by atoms with Crippen molar-refractivity contribution in [2.75, 3.05) is 11.9 Å². The molecular formula is C21H22FN7O2. The number of anilines is 1.